The number of benzene rings is 1. The topological polar surface area (TPSA) is 104 Å². The maximum absolute atomic E-state index is 12.0. The predicted octanol–water partition coefficient (Wildman–Crippen LogP) is 3.45. The maximum Gasteiger partial charge on any atom is 0.281 e. The van der Waals surface area contributed by atoms with Crippen LogP contribution in [0, 0.1) is 28.9 Å². The van der Waals surface area contributed by atoms with E-state index in [1.54, 1.807) is 19.4 Å². The van der Waals surface area contributed by atoms with Crippen LogP contribution in [0.1, 0.15) is 11.3 Å². The van der Waals surface area contributed by atoms with Gasteiger partial charge in [0.2, 0.25) is 17.8 Å². The van der Waals surface area contributed by atoms with Crippen LogP contribution in [0.4, 0.5) is 22.7 Å². The van der Waals surface area contributed by atoms with Gasteiger partial charge in [0.05, 0.1) is 30.0 Å². The Morgan fingerprint density at radius 2 is 1.77 bits per heavy atom. The number of anilines is 2. The molecule has 0 atom stereocenters. The van der Waals surface area contributed by atoms with E-state index in [-0.39, 0.29) is 11.4 Å². The van der Waals surface area contributed by atoms with Crippen LogP contribution in [0.5, 0.6) is 5.88 Å². The number of nitrogens with zero attached hydrogens (tertiary/aromatic N) is 5. The molecular weight excluding hydrogens is 408 g/mol. The molecule has 1 saturated heterocycles. The molecule has 1 aromatic carbocycles. The Balaban J connectivity index is 1.73. The van der Waals surface area contributed by atoms with Gasteiger partial charge in [-0.25, -0.2) is 9.99 Å². The molecule has 2 heterocycles. The summed E-state index contributed by atoms with van der Waals surface area (Å²) < 4.78 is 6.06. The number of aryl methyl sites for hydroxylation is 2. The molecule has 1 aliphatic rings. The van der Waals surface area contributed by atoms with Gasteiger partial charge in [-0.3, -0.25) is 10.1 Å². The molecule has 0 radical (unpaired) electrons. The van der Waals surface area contributed by atoms with Crippen molar-refractivity contribution in [1.82, 2.24) is 9.99 Å². The zero-order chi connectivity index (χ0) is 21.8. The number of nitro groups is 1. The lowest BCUT2D eigenvalue weighted by Crippen LogP contribution is -2.48. The van der Waals surface area contributed by atoms with Crippen molar-refractivity contribution >= 4 is 34.7 Å². The van der Waals surface area contributed by atoms with E-state index in [0.717, 1.165) is 28.9 Å². The summed E-state index contributed by atoms with van der Waals surface area (Å²) >= 11 is 0.961. The van der Waals surface area contributed by atoms with Crippen LogP contribution in [-0.4, -0.2) is 58.6 Å². The first-order valence-electron chi connectivity index (χ1n) is 9.42. The zero-order valence-electron chi connectivity index (χ0n) is 17.4. The van der Waals surface area contributed by atoms with Gasteiger partial charge < -0.3 is 15.1 Å². The number of nitro benzene ring substituents is 1. The minimum Gasteiger partial charge on any atom is -0.479 e. The third-order valence-corrected chi connectivity index (χ3v) is 5.57. The van der Waals surface area contributed by atoms with E-state index >= 15 is 0 Å². The van der Waals surface area contributed by atoms with Crippen LogP contribution in [0.2, 0.25) is 0 Å². The Morgan fingerprint density at radius 3 is 2.37 bits per heavy atom. The summed E-state index contributed by atoms with van der Waals surface area (Å²) in [6.07, 6.45) is 1.63. The summed E-state index contributed by atoms with van der Waals surface area (Å²) in [7, 11) is 1.59. The fraction of sp³-hybridized carbons (Fsp3) is 0.421. The highest BCUT2D eigenvalue weighted by atomic mass is 32.2. The smallest absolute Gasteiger partial charge is 0.281 e. The Hall–Kier alpha value is -2.92. The van der Waals surface area contributed by atoms with Gasteiger partial charge in [0.15, 0.2) is 0 Å². The fourth-order valence-electron chi connectivity index (χ4n) is 3.24. The van der Waals surface area contributed by atoms with E-state index in [4.69, 9.17) is 4.74 Å². The van der Waals surface area contributed by atoms with Crippen molar-refractivity contribution in [3.63, 3.8) is 0 Å². The van der Waals surface area contributed by atoms with E-state index in [0.29, 0.717) is 41.9 Å². The van der Waals surface area contributed by atoms with Gasteiger partial charge in [0.25, 0.3) is 11.4 Å². The van der Waals surface area contributed by atoms with Gasteiger partial charge in [-0.2, -0.15) is 0 Å². The number of hydrazine groups is 1. The third kappa shape index (κ3) is 4.79. The molecule has 1 fully saturated rings. The number of rotatable bonds is 7. The van der Waals surface area contributed by atoms with Crippen LogP contribution in [0.25, 0.3) is 0 Å². The molecule has 0 unspecified atom stereocenters. The third-order valence-electron chi connectivity index (χ3n) is 5.02. The van der Waals surface area contributed by atoms with Gasteiger partial charge in [-0.15, -0.1) is 0 Å². The van der Waals surface area contributed by atoms with Crippen molar-refractivity contribution in [3.8, 4) is 5.88 Å². The van der Waals surface area contributed by atoms with E-state index < -0.39 is 4.92 Å². The minimum absolute atomic E-state index is 0.0936. The summed E-state index contributed by atoms with van der Waals surface area (Å²) in [5, 5.41) is 13.4. The Kier molecular flexibility index (Phi) is 6.73. The lowest BCUT2D eigenvalue weighted by molar-refractivity contribution is -0.385. The first-order valence-corrected chi connectivity index (χ1v) is 10.6. The van der Waals surface area contributed by atoms with E-state index in [1.165, 1.54) is 12.1 Å². The molecule has 2 aromatic rings. The van der Waals surface area contributed by atoms with Crippen LogP contribution in [-0.2, 0) is 0 Å². The van der Waals surface area contributed by atoms with Crippen LogP contribution < -0.4 is 15.1 Å². The number of nitrogens with one attached hydrogen (secondary N) is 1. The molecule has 1 aliphatic heterocycles. The number of aromatic nitrogens is 1. The van der Waals surface area contributed by atoms with Crippen molar-refractivity contribution in [2.75, 3.05) is 49.9 Å². The average Bonchev–Trinajstić information content (AvgIpc) is 2.75. The molecule has 160 valence electrons. The number of pyridine rings is 1. The summed E-state index contributed by atoms with van der Waals surface area (Å²) in [4.78, 5) is 29.3. The first kappa shape index (κ1) is 21.8. The average molecular weight is 434 g/mol. The molecule has 0 bridgehead atoms. The highest BCUT2D eigenvalue weighted by molar-refractivity contribution is 7.92. The number of hydrogen-bond donors (Lipinski definition) is 1. The molecule has 11 heteroatoms. The monoisotopic (exact) mass is 433 g/mol. The lowest BCUT2D eigenvalue weighted by Gasteiger charge is -2.36. The zero-order valence-corrected chi connectivity index (χ0v) is 18.2. The highest BCUT2D eigenvalue weighted by Gasteiger charge is 2.25. The quantitative estimate of drug-likeness (QED) is 0.304. The molecule has 1 N–H and O–H groups in total. The Bertz CT molecular complexity index is 962. The number of non-ortho nitro benzene ring substituents is 1. The molecule has 3 rings (SSSR count). The second-order valence-electron chi connectivity index (χ2n) is 6.94. The summed E-state index contributed by atoms with van der Waals surface area (Å²) in [6.45, 7) is 6.58. The number of ether oxygens (including phenoxy) is 1. The fourth-order valence-corrected chi connectivity index (χ4v) is 3.56. The number of methoxy groups -OCH3 is 1. The maximum atomic E-state index is 12.0. The van der Waals surface area contributed by atoms with Crippen LogP contribution >= 0.6 is 11.9 Å². The highest BCUT2D eigenvalue weighted by Crippen LogP contribution is 2.31. The van der Waals surface area contributed by atoms with Crippen molar-refractivity contribution in [1.29, 1.82) is 0 Å². The van der Waals surface area contributed by atoms with Gasteiger partial charge in [-0.05, 0) is 25.5 Å². The van der Waals surface area contributed by atoms with Gasteiger partial charge in [-0.1, -0.05) is 0 Å². The van der Waals surface area contributed by atoms with Crippen molar-refractivity contribution < 1.29 is 13.8 Å². The Labute approximate surface area is 179 Å². The molecule has 30 heavy (non-hydrogen) atoms. The molecule has 10 nitrogen and oxygen atoms in total. The molecule has 0 saturated carbocycles. The molecule has 0 aliphatic carbocycles. The number of hydrogen-bond acceptors (Lipinski definition) is 9. The molecular formula is C19H25N6O4S+. The van der Waals surface area contributed by atoms with Crippen LogP contribution in [0.15, 0.2) is 24.3 Å². The normalized spacial score (nSPS) is 14.5. The largest absolute Gasteiger partial charge is 0.479 e. The SMILES string of the molecule is COc1nc(C)c(C)cc1NN1CCN(c2cc([N+](=O)[O-])cc([N+](=O)SC)c2)CC1. The van der Waals surface area contributed by atoms with Crippen molar-refractivity contribution in [2.45, 2.75) is 13.8 Å². The van der Waals surface area contributed by atoms with E-state index in [1.807, 2.05) is 24.8 Å². The number of nitroso groups, excluding NO2 is 1. The Morgan fingerprint density at radius 1 is 1.10 bits per heavy atom. The molecule has 1 aromatic heterocycles. The minimum atomic E-state index is -0.474. The van der Waals surface area contributed by atoms with Gasteiger partial charge in [0.1, 0.15) is 9.85 Å². The standard InChI is InChI=1S/C19H25N6O4S/c1-13-9-18(19(29-3)20-14(13)2)21-23-7-5-22(6-8-23)15-10-16(24(26)27)12-17(11-15)25(28)30-4/h9-12,21H,5-8H2,1-4H3/q+1. The van der Waals surface area contributed by atoms with E-state index in [9.17, 15) is 15.0 Å². The van der Waals surface area contributed by atoms with Crippen LogP contribution in [0.3, 0.4) is 0 Å². The van der Waals surface area contributed by atoms with E-state index in [2.05, 4.69) is 15.4 Å². The van der Waals surface area contributed by atoms with Crippen molar-refractivity contribution in [3.05, 3.63) is 50.5 Å². The van der Waals surface area contributed by atoms with Gasteiger partial charge >= 0.3 is 0 Å². The van der Waals surface area contributed by atoms with Crippen molar-refractivity contribution in [2.24, 2.45) is 0 Å². The summed E-state index contributed by atoms with van der Waals surface area (Å²) in [6, 6.07) is 6.50. The first-order chi connectivity index (χ1) is 14.3. The summed E-state index contributed by atoms with van der Waals surface area (Å²) in [5.74, 6) is 0.538. The van der Waals surface area contributed by atoms with Gasteiger partial charge in [0, 0.05) is 48.9 Å². The second kappa shape index (κ2) is 9.26. The summed E-state index contributed by atoms with van der Waals surface area (Å²) in [5.41, 5.74) is 6.98. The number of piperazine rings is 1. The predicted molar refractivity (Wildman–Crippen MR) is 118 cm³/mol. The lowest BCUT2D eigenvalue weighted by atomic mass is 10.2. The molecule has 0 spiro atoms. The molecule has 0 amide bonds. The second-order valence-corrected chi connectivity index (χ2v) is 7.63.